The van der Waals surface area contributed by atoms with Gasteiger partial charge in [-0.1, -0.05) is 62.4 Å². The Bertz CT molecular complexity index is 1410. The molecule has 0 unspecified atom stereocenters. The molecule has 3 rings (SSSR count). The number of aromatic nitrogens is 1. The van der Waals surface area contributed by atoms with Crippen LogP contribution < -0.4 is 33.2 Å². The quantitative estimate of drug-likeness (QED) is 0.133. The van der Waals surface area contributed by atoms with Gasteiger partial charge < -0.3 is 38.1 Å². The van der Waals surface area contributed by atoms with Crippen LogP contribution in [0.2, 0.25) is 0 Å². The Morgan fingerprint density at radius 1 is 0.762 bits per heavy atom. The predicted octanol–water partition coefficient (Wildman–Crippen LogP) is 0.142. The van der Waals surface area contributed by atoms with E-state index in [1.54, 1.807) is 36.5 Å². The predicted molar refractivity (Wildman–Crippen MR) is 158 cm³/mol. The van der Waals surface area contributed by atoms with E-state index in [4.69, 9.17) is 17.2 Å². The van der Waals surface area contributed by atoms with Crippen LogP contribution in [0.25, 0.3) is 10.9 Å². The normalized spacial score (nSPS) is 14.0. The minimum absolute atomic E-state index is 0.0144. The van der Waals surface area contributed by atoms with E-state index in [1.807, 2.05) is 38.1 Å². The van der Waals surface area contributed by atoms with Crippen LogP contribution in [0, 0.1) is 5.92 Å². The third kappa shape index (κ3) is 9.16. The number of hydrogen-bond acceptors (Lipinski definition) is 6. The summed E-state index contributed by atoms with van der Waals surface area (Å²) in [5.74, 6) is -3.71. The number of hydrogen-bond donors (Lipinski definition) is 7. The third-order valence-electron chi connectivity index (χ3n) is 6.77. The highest BCUT2D eigenvalue weighted by Gasteiger charge is 2.31. The number of fused-ring (bicyclic) bond motifs is 1. The van der Waals surface area contributed by atoms with Gasteiger partial charge in [0, 0.05) is 23.5 Å². The van der Waals surface area contributed by atoms with Crippen LogP contribution in [0.15, 0.2) is 60.8 Å². The fraction of sp³-hybridized carbons (Fsp3) is 0.367. The molecule has 1 aromatic heterocycles. The van der Waals surface area contributed by atoms with Crippen LogP contribution in [0.3, 0.4) is 0 Å². The van der Waals surface area contributed by atoms with Gasteiger partial charge in [0.25, 0.3) is 0 Å². The summed E-state index contributed by atoms with van der Waals surface area (Å²) in [5, 5.41) is 8.65. The van der Waals surface area contributed by atoms with E-state index in [0.717, 1.165) is 22.0 Å². The number of nitrogens with two attached hydrogens (primary N) is 3. The molecular weight excluding hydrogens is 538 g/mol. The Morgan fingerprint density at radius 3 is 2.00 bits per heavy atom. The zero-order valence-corrected chi connectivity index (χ0v) is 23.8. The Labute approximate surface area is 244 Å². The number of aromatic amines is 1. The van der Waals surface area contributed by atoms with E-state index in [2.05, 4.69) is 20.9 Å². The van der Waals surface area contributed by atoms with Crippen LogP contribution in [0.4, 0.5) is 0 Å². The first-order valence-electron chi connectivity index (χ1n) is 13.8. The fourth-order valence-electron chi connectivity index (χ4n) is 4.64. The minimum Gasteiger partial charge on any atom is -0.370 e. The number of carbonyl (C=O) groups excluding carboxylic acids is 5. The van der Waals surface area contributed by atoms with Crippen molar-refractivity contribution in [2.45, 2.75) is 63.7 Å². The molecule has 10 N–H and O–H groups in total. The van der Waals surface area contributed by atoms with E-state index in [9.17, 15) is 24.0 Å². The molecule has 0 saturated heterocycles. The topological polar surface area (TPSA) is 215 Å². The summed E-state index contributed by atoms with van der Waals surface area (Å²) in [6, 6.07) is 12.0. The lowest BCUT2D eigenvalue weighted by Crippen LogP contribution is -2.58. The molecule has 12 nitrogen and oxygen atoms in total. The first kappa shape index (κ1) is 31.8. The number of primary amides is 2. The zero-order chi connectivity index (χ0) is 30.8. The lowest BCUT2D eigenvalue weighted by Gasteiger charge is -2.26. The smallest absolute Gasteiger partial charge is 0.243 e. The SMILES string of the molecule is CC(C)C[C@H](NC(=O)[C@@H](N)Cc1c[nH]c2ccccc12)C(=O)N[C@@H](CC(N)=O)C(=O)N[C@@H](Cc1ccccc1)C(N)=O. The number of amides is 5. The molecular formula is C30H39N7O5. The van der Waals surface area contributed by atoms with Gasteiger partial charge in [-0.2, -0.15) is 0 Å². The fourth-order valence-corrected chi connectivity index (χ4v) is 4.64. The second-order valence-electron chi connectivity index (χ2n) is 10.7. The highest BCUT2D eigenvalue weighted by atomic mass is 16.2. The van der Waals surface area contributed by atoms with Gasteiger partial charge in [0.05, 0.1) is 12.5 Å². The Kier molecular flexibility index (Phi) is 11.2. The number of para-hydroxylation sites is 1. The van der Waals surface area contributed by atoms with Crippen molar-refractivity contribution in [3.05, 3.63) is 71.9 Å². The summed E-state index contributed by atoms with van der Waals surface area (Å²) in [5.41, 5.74) is 19.6. The summed E-state index contributed by atoms with van der Waals surface area (Å²) in [6.45, 7) is 3.74. The lowest BCUT2D eigenvalue weighted by atomic mass is 10.0. The molecule has 0 spiro atoms. The van der Waals surface area contributed by atoms with Crippen molar-refractivity contribution in [1.29, 1.82) is 0 Å². The number of H-pyrrole nitrogens is 1. The molecule has 12 heteroatoms. The van der Waals surface area contributed by atoms with Crippen LogP contribution in [0.1, 0.15) is 37.8 Å². The standard InChI is InChI=1S/C30H39N7O5/c1-17(2)12-24(36-28(40)21(31)14-19-16-34-22-11-7-6-10-20(19)22)29(41)37-25(15-26(32)38)30(42)35-23(27(33)39)13-18-8-4-3-5-9-18/h3-11,16-17,21,23-25,34H,12-15,31H2,1-2H3,(H2,32,38)(H2,33,39)(H,35,42)(H,36,40)(H,37,41)/t21-,23-,24-,25-/m0/s1. The van der Waals surface area contributed by atoms with Crippen molar-refractivity contribution in [2.75, 3.05) is 0 Å². The molecule has 0 aliphatic rings. The van der Waals surface area contributed by atoms with Gasteiger partial charge in [-0.3, -0.25) is 24.0 Å². The Balaban J connectivity index is 1.70. The minimum atomic E-state index is -1.40. The molecule has 5 amide bonds. The maximum atomic E-state index is 13.3. The molecule has 0 radical (unpaired) electrons. The number of benzene rings is 2. The van der Waals surface area contributed by atoms with E-state index in [0.29, 0.717) is 0 Å². The van der Waals surface area contributed by atoms with Crippen molar-refractivity contribution in [3.63, 3.8) is 0 Å². The molecule has 42 heavy (non-hydrogen) atoms. The highest BCUT2D eigenvalue weighted by Crippen LogP contribution is 2.19. The Hall–Kier alpha value is -4.71. The zero-order valence-electron chi connectivity index (χ0n) is 23.8. The monoisotopic (exact) mass is 577 g/mol. The average molecular weight is 578 g/mol. The van der Waals surface area contributed by atoms with Crippen LogP contribution in [-0.2, 0) is 36.8 Å². The van der Waals surface area contributed by atoms with Gasteiger partial charge in [-0.25, -0.2) is 0 Å². The summed E-state index contributed by atoms with van der Waals surface area (Å²) >= 11 is 0. The number of rotatable bonds is 15. The maximum absolute atomic E-state index is 13.3. The Morgan fingerprint density at radius 2 is 1.36 bits per heavy atom. The van der Waals surface area contributed by atoms with Crippen LogP contribution in [-0.4, -0.2) is 58.7 Å². The number of carbonyl (C=O) groups is 5. The van der Waals surface area contributed by atoms with Crippen LogP contribution in [0.5, 0.6) is 0 Å². The third-order valence-corrected chi connectivity index (χ3v) is 6.77. The maximum Gasteiger partial charge on any atom is 0.243 e. The van der Waals surface area contributed by atoms with E-state index in [1.165, 1.54) is 0 Å². The van der Waals surface area contributed by atoms with E-state index >= 15 is 0 Å². The van der Waals surface area contributed by atoms with Gasteiger partial charge in [-0.05, 0) is 36.0 Å². The lowest BCUT2D eigenvalue weighted by molar-refractivity contribution is -0.135. The molecule has 0 saturated carbocycles. The second kappa shape index (κ2) is 14.8. The second-order valence-corrected chi connectivity index (χ2v) is 10.7. The molecule has 224 valence electrons. The molecule has 0 aliphatic carbocycles. The summed E-state index contributed by atoms with van der Waals surface area (Å²) < 4.78 is 0. The molecule has 2 aromatic carbocycles. The summed E-state index contributed by atoms with van der Waals surface area (Å²) in [6.07, 6.45) is 1.84. The number of nitrogens with one attached hydrogen (secondary N) is 4. The van der Waals surface area contributed by atoms with Gasteiger partial charge in [0.15, 0.2) is 0 Å². The molecule has 4 atom stereocenters. The molecule has 0 aliphatic heterocycles. The molecule has 0 bridgehead atoms. The molecule has 0 fully saturated rings. The van der Waals surface area contributed by atoms with Gasteiger partial charge in [-0.15, -0.1) is 0 Å². The van der Waals surface area contributed by atoms with Crippen molar-refractivity contribution in [1.82, 2.24) is 20.9 Å². The first-order valence-corrected chi connectivity index (χ1v) is 13.8. The highest BCUT2D eigenvalue weighted by molar-refractivity contribution is 5.96. The average Bonchev–Trinajstić information content (AvgIpc) is 3.34. The van der Waals surface area contributed by atoms with Gasteiger partial charge in [0.2, 0.25) is 29.5 Å². The first-order chi connectivity index (χ1) is 19.9. The van der Waals surface area contributed by atoms with Crippen molar-refractivity contribution in [3.8, 4) is 0 Å². The van der Waals surface area contributed by atoms with E-state index in [-0.39, 0.29) is 25.2 Å². The van der Waals surface area contributed by atoms with Crippen molar-refractivity contribution >= 4 is 40.4 Å². The van der Waals surface area contributed by atoms with E-state index < -0.39 is 60.1 Å². The van der Waals surface area contributed by atoms with Crippen molar-refractivity contribution in [2.24, 2.45) is 23.1 Å². The summed E-state index contributed by atoms with van der Waals surface area (Å²) in [4.78, 5) is 66.5. The largest absolute Gasteiger partial charge is 0.370 e. The van der Waals surface area contributed by atoms with Gasteiger partial charge in [0.1, 0.15) is 18.1 Å². The summed E-state index contributed by atoms with van der Waals surface area (Å²) in [7, 11) is 0. The molecule has 3 aromatic rings. The van der Waals surface area contributed by atoms with Gasteiger partial charge >= 0.3 is 0 Å². The van der Waals surface area contributed by atoms with Crippen molar-refractivity contribution < 1.29 is 24.0 Å². The molecule has 1 heterocycles. The van der Waals surface area contributed by atoms with Crippen LogP contribution >= 0.6 is 0 Å².